The van der Waals surface area contributed by atoms with Crippen LogP contribution in [0.5, 0.6) is 5.88 Å². The Bertz CT molecular complexity index is 563. The summed E-state index contributed by atoms with van der Waals surface area (Å²) in [6.07, 6.45) is -4.61. The molecule has 0 radical (unpaired) electrons. The molecule has 1 aromatic rings. The minimum Gasteiger partial charge on any atom is -0.467 e. The fourth-order valence-electron chi connectivity index (χ4n) is 1.34. The van der Waals surface area contributed by atoms with Gasteiger partial charge in [0.25, 0.3) is 0 Å². The van der Waals surface area contributed by atoms with E-state index in [-0.39, 0.29) is 15.5 Å². The largest absolute Gasteiger partial charge is 0.467 e. The number of pyridine rings is 1. The van der Waals surface area contributed by atoms with Gasteiger partial charge in [0.1, 0.15) is 10.2 Å². The lowest BCUT2D eigenvalue weighted by Gasteiger charge is -2.14. The van der Waals surface area contributed by atoms with E-state index in [0.29, 0.717) is 0 Å². The maximum absolute atomic E-state index is 12.2. The topological polar surface area (TPSA) is 65.5 Å². The van der Waals surface area contributed by atoms with Crippen molar-refractivity contribution in [2.45, 2.75) is 6.18 Å². The first kappa shape index (κ1) is 17.9. The molecule has 0 aliphatic carbocycles. The summed E-state index contributed by atoms with van der Waals surface area (Å²) in [7, 11) is 1.03. The molecule has 116 valence electrons. The van der Waals surface area contributed by atoms with E-state index in [0.717, 1.165) is 7.11 Å². The first-order valence-corrected chi connectivity index (χ1v) is 7.18. The highest BCUT2D eigenvalue weighted by Gasteiger charge is 2.31. The van der Waals surface area contributed by atoms with Crippen LogP contribution in [0, 0.1) is 0 Å². The highest BCUT2D eigenvalue weighted by Crippen LogP contribution is 2.27. The third-order valence-electron chi connectivity index (χ3n) is 2.14. The van der Waals surface area contributed by atoms with Gasteiger partial charge in [-0.3, -0.25) is 4.79 Å². The molecule has 0 atom stereocenters. The number of hydrogen-bond acceptors (Lipinski definition) is 5. The maximum Gasteiger partial charge on any atom is 0.422 e. The molecule has 0 bridgehead atoms. The van der Waals surface area contributed by atoms with Gasteiger partial charge in [-0.2, -0.15) is 13.2 Å². The van der Waals surface area contributed by atoms with E-state index >= 15 is 0 Å². The third-order valence-corrected chi connectivity index (χ3v) is 3.05. The first-order valence-electron chi connectivity index (χ1n) is 5.27. The van der Waals surface area contributed by atoms with Crippen LogP contribution in [0.3, 0.4) is 0 Å². The molecule has 5 nitrogen and oxygen atoms in total. The summed E-state index contributed by atoms with van der Waals surface area (Å²) in [4.78, 5) is 27.1. The van der Waals surface area contributed by atoms with Crippen molar-refractivity contribution in [3.63, 3.8) is 0 Å². The number of ketones is 1. The lowest BCUT2D eigenvalue weighted by atomic mass is 10.1. The Kier molecular flexibility index (Phi) is 6.14. The summed E-state index contributed by atoms with van der Waals surface area (Å²) in [6, 6.07) is 1.20. The standard InChI is InChI=1S/C11H8Br2F3NO4/c1-20-10(19)8-5(6(18)3-12)2-7(13)17-9(8)21-4-11(14,15)16/h2H,3-4H2,1H3. The molecule has 0 aromatic carbocycles. The fourth-order valence-corrected chi connectivity index (χ4v) is 2.03. The van der Waals surface area contributed by atoms with Crippen LogP contribution >= 0.6 is 31.9 Å². The second-order valence-corrected chi connectivity index (χ2v) is 5.00. The van der Waals surface area contributed by atoms with E-state index in [4.69, 9.17) is 0 Å². The van der Waals surface area contributed by atoms with Crippen molar-refractivity contribution >= 4 is 43.6 Å². The summed E-state index contributed by atoms with van der Waals surface area (Å²) in [5.74, 6) is -2.18. The molecular formula is C11H8Br2F3NO4. The number of aromatic nitrogens is 1. The van der Waals surface area contributed by atoms with Crippen molar-refractivity contribution in [3.8, 4) is 5.88 Å². The van der Waals surface area contributed by atoms with Crippen LogP contribution in [0.1, 0.15) is 20.7 Å². The van der Waals surface area contributed by atoms with Gasteiger partial charge in [-0.25, -0.2) is 9.78 Å². The molecule has 21 heavy (non-hydrogen) atoms. The SMILES string of the molecule is COC(=O)c1c(C(=O)CBr)cc(Br)nc1OCC(F)(F)F. The van der Waals surface area contributed by atoms with E-state index in [1.54, 1.807) is 0 Å². The molecule has 0 fully saturated rings. The smallest absolute Gasteiger partial charge is 0.422 e. The Labute approximate surface area is 134 Å². The van der Waals surface area contributed by atoms with Gasteiger partial charge < -0.3 is 9.47 Å². The highest BCUT2D eigenvalue weighted by atomic mass is 79.9. The summed E-state index contributed by atoms with van der Waals surface area (Å²) < 4.78 is 45.7. The molecule has 0 spiro atoms. The molecule has 0 saturated carbocycles. The average Bonchev–Trinajstić information content (AvgIpc) is 2.41. The van der Waals surface area contributed by atoms with Gasteiger partial charge >= 0.3 is 12.1 Å². The van der Waals surface area contributed by atoms with E-state index < -0.39 is 36.0 Å². The van der Waals surface area contributed by atoms with Crippen molar-refractivity contribution in [1.29, 1.82) is 0 Å². The van der Waals surface area contributed by atoms with Gasteiger partial charge in [-0.1, -0.05) is 15.9 Å². The number of hydrogen-bond donors (Lipinski definition) is 0. The van der Waals surface area contributed by atoms with Crippen LogP contribution < -0.4 is 4.74 Å². The van der Waals surface area contributed by atoms with Crippen molar-refractivity contribution in [3.05, 3.63) is 21.8 Å². The van der Waals surface area contributed by atoms with Crippen LogP contribution in [0.2, 0.25) is 0 Å². The monoisotopic (exact) mass is 433 g/mol. The summed E-state index contributed by atoms with van der Waals surface area (Å²) in [6.45, 7) is -1.65. The van der Waals surface area contributed by atoms with Crippen LogP contribution in [0.25, 0.3) is 0 Å². The molecule has 0 unspecified atom stereocenters. The Morgan fingerprint density at radius 3 is 2.48 bits per heavy atom. The molecule has 1 aromatic heterocycles. The molecule has 1 rings (SSSR count). The van der Waals surface area contributed by atoms with Gasteiger partial charge in [0.05, 0.1) is 12.4 Å². The summed E-state index contributed by atoms with van der Waals surface area (Å²) in [5, 5.41) is -0.133. The Morgan fingerprint density at radius 2 is 2.00 bits per heavy atom. The van der Waals surface area contributed by atoms with Crippen molar-refractivity contribution in [1.82, 2.24) is 4.98 Å². The number of alkyl halides is 4. The van der Waals surface area contributed by atoms with Crippen LogP contribution in [-0.4, -0.2) is 42.0 Å². The van der Waals surface area contributed by atoms with Gasteiger partial charge in [-0.05, 0) is 22.0 Å². The number of carbonyl (C=O) groups is 2. The Balaban J connectivity index is 3.36. The predicted octanol–water partition coefficient (Wildman–Crippen LogP) is 3.15. The molecule has 0 amide bonds. The minimum atomic E-state index is -4.61. The first-order chi connectivity index (χ1) is 9.69. The zero-order valence-corrected chi connectivity index (χ0v) is 13.6. The summed E-state index contributed by atoms with van der Waals surface area (Å²) in [5.41, 5.74) is -0.604. The zero-order valence-electron chi connectivity index (χ0n) is 10.5. The number of esters is 1. The van der Waals surface area contributed by atoms with E-state index in [2.05, 4.69) is 46.3 Å². The number of halogens is 5. The molecule has 0 aliphatic heterocycles. The zero-order chi connectivity index (χ0) is 16.2. The Morgan fingerprint density at radius 1 is 1.38 bits per heavy atom. The second kappa shape index (κ2) is 7.21. The predicted molar refractivity (Wildman–Crippen MR) is 73.0 cm³/mol. The minimum absolute atomic E-state index is 0.0524. The van der Waals surface area contributed by atoms with Crippen molar-refractivity contribution in [2.24, 2.45) is 0 Å². The van der Waals surface area contributed by atoms with Crippen LogP contribution in [0.4, 0.5) is 13.2 Å². The molecular weight excluding hydrogens is 427 g/mol. The Hall–Kier alpha value is -1.16. The quantitative estimate of drug-likeness (QED) is 0.308. The van der Waals surface area contributed by atoms with Gasteiger partial charge in [-0.15, -0.1) is 0 Å². The number of rotatable bonds is 5. The molecule has 10 heteroatoms. The van der Waals surface area contributed by atoms with E-state index in [1.807, 2.05) is 0 Å². The third kappa shape index (κ3) is 4.95. The van der Waals surface area contributed by atoms with Crippen LogP contribution in [0.15, 0.2) is 10.7 Å². The van der Waals surface area contributed by atoms with Gasteiger partial charge in [0.15, 0.2) is 12.4 Å². The maximum atomic E-state index is 12.2. The second-order valence-electron chi connectivity index (χ2n) is 3.62. The van der Waals surface area contributed by atoms with Gasteiger partial charge in [0, 0.05) is 5.56 Å². The molecule has 0 aliphatic rings. The normalized spacial score (nSPS) is 11.1. The molecule has 1 heterocycles. The number of carbonyl (C=O) groups excluding carboxylic acids is 2. The average molecular weight is 435 g/mol. The van der Waals surface area contributed by atoms with Crippen LogP contribution in [-0.2, 0) is 4.74 Å². The molecule has 0 N–H and O–H groups in total. The lowest BCUT2D eigenvalue weighted by molar-refractivity contribution is -0.154. The van der Waals surface area contributed by atoms with Gasteiger partial charge in [0.2, 0.25) is 5.88 Å². The fraction of sp³-hybridized carbons (Fsp3) is 0.364. The molecule has 0 saturated heterocycles. The lowest BCUT2D eigenvalue weighted by Crippen LogP contribution is -2.22. The van der Waals surface area contributed by atoms with E-state index in [9.17, 15) is 22.8 Å². The number of Topliss-reactive ketones (excluding diaryl/α,β-unsaturated/α-hetero) is 1. The van der Waals surface area contributed by atoms with Crippen molar-refractivity contribution < 1.29 is 32.2 Å². The number of methoxy groups -OCH3 is 1. The van der Waals surface area contributed by atoms with E-state index in [1.165, 1.54) is 6.07 Å². The van der Waals surface area contributed by atoms with Crippen molar-refractivity contribution in [2.75, 3.05) is 19.0 Å². The highest BCUT2D eigenvalue weighted by molar-refractivity contribution is 9.10. The number of ether oxygens (including phenoxy) is 2. The number of nitrogens with zero attached hydrogens (tertiary/aromatic N) is 1. The summed E-state index contributed by atoms with van der Waals surface area (Å²) >= 11 is 5.86.